The zero-order valence-electron chi connectivity index (χ0n) is 9.73. The third-order valence-corrected chi connectivity index (χ3v) is 2.38. The summed E-state index contributed by atoms with van der Waals surface area (Å²) < 4.78 is 0. The Labute approximate surface area is 91.3 Å². The molecule has 0 atom stereocenters. The van der Waals surface area contributed by atoms with Gasteiger partial charge in [0.15, 0.2) is 0 Å². The number of fused-ring (bicyclic) bond motifs is 1. The Bertz CT molecular complexity index is 284. The van der Waals surface area contributed by atoms with E-state index in [0.29, 0.717) is 6.54 Å². The van der Waals surface area contributed by atoms with E-state index in [2.05, 4.69) is 16.1 Å². The molecule has 0 unspecified atom stereocenters. The van der Waals surface area contributed by atoms with Gasteiger partial charge in [0.25, 0.3) is 0 Å². The predicted molar refractivity (Wildman–Crippen MR) is 61.8 cm³/mol. The number of piperazine rings is 1. The Morgan fingerprint density at radius 3 is 2.80 bits per heavy atom. The van der Waals surface area contributed by atoms with Crippen molar-refractivity contribution in [3.05, 3.63) is 12.3 Å². The van der Waals surface area contributed by atoms with E-state index in [1.165, 1.54) is 0 Å². The molecule has 0 saturated carbocycles. The molecule has 0 bridgehead atoms. The van der Waals surface area contributed by atoms with Gasteiger partial charge in [0.2, 0.25) is 5.91 Å². The Kier molecular flexibility index (Phi) is 4.34. The number of amides is 1. The van der Waals surface area contributed by atoms with Crippen LogP contribution >= 0.6 is 0 Å². The first kappa shape index (κ1) is 11.8. The highest BCUT2D eigenvalue weighted by Crippen LogP contribution is 2.08. The molecular weight excluding hydrogens is 190 g/mol. The smallest absolute Gasteiger partial charge is 0.219 e. The van der Waals surface area contributed by atoms with Crippen molar-refractivity contribution in [1.82, 2.24) is 9.80 Å². The van der Waals surface area contributed by atoms with Crippen LogP contribution in [0.15, 0.2) is 17.3 Å². The highest BCUT2D eigenvalue weighted by atomic mass is 16.2. The van der Waals surface area contributed by atoms with Gasteiger partial charge in [0.1, 0.15) is 5.84 Å². The van der Waals surface area contributed by atoms with Gasteiger partial charge in [-0.05, 0) is 6.08 Å². The molecule has 0 aliphatic carbocycles. The third kappa shape index (κ3) is 2.81. The summed E-state index contributed by atoms with van der Waals surface area (Å²) >= 11 is 0. The molecule has 2 rings (SSSR count). The Balaban J connectivity index is 0.000000531. The number of rotatable bonds is 0. The molecule has 4 nitrogen and oxygen atoms in total. The second-order valence-electron chi connectivity index (χ2n) is 3.28. The van der Waals surface area contributed by atoms with Crippen molar-refractivity contribution < 1.29 is 4.79 Å². The largest absolute Gasteiger partial charge is 0.334 e. The molecule has 4 heteroatoms. The predicted octanol–water partition coefficient (Wildman–Crippen LogP) is 1.10. The average Bonchev–Trinajstić information content (AvgIpc) is 2.31. The first-order valence-corrected chi connectivity index (χ1v) is 5.49. The summed E-state index contributed by atoms with van der Waals surface area (Å²) in [6.45, 7) is 8.69. The van der Waals surface area contributed by atoms with E-state index in [1.54, 1.807) is 6.92 Å². The van der Waals surface area contributed by atoms with Crippen LogP contribution in [-0.4, -0.2) is 47.7 Å². The summed E-state index contributed by atoms with van der Waals surface area (Å²) in [7, 11) is 0. The van der Waals surface area contributed by atoms with Gasteiger partial charge in [-0.1, -0.05) is 13.8 Å². The van der Waals surface area contributed by atoms with Crippen LogP contribution in [0.1, 0.15) is 20.8 Å². The molecule has 2 heterocycles. The van der Waals surface area contributed by atoms with Gasteiger partial charge in [0.05, 0.1) is 13.1 Å². The molecule has 1 saturated heterocycles. The highest BCUT2D eigenvalue weighted by Gasteiger charge is 2.22. The van der Waals surface area contributed by atoms with Gasteiger partial charge in [-0.3, -0.25) is 9.79 Å². The van der Waals surface area contributed by atoms with Crippen LogP contribution < -0.4 is 0 Å². The minimum Gasteiger partial charge on any atom is -0.334 e. The lowest BCUT2D eigenvalue weighted by molar-refractivity contribution is -0.128. The van der Waals surface area contributed by atoms with Crippen LogP contribution in [0, 0.1) is 0 Å². The Morgan fingerprint density at radius 1 is 1.40 bits per heavy atom. The van der Waals surface area contributed by atoms with E-state index in [9.17, 15) is 4.79 Å². The van der Waals surface area contributed by atoms with Gasteiger partial charge in [-0.25, -0.2) is 0 Å². The van der Waals surface area contributed by atoms with Crippen molar-refractivity contribution in [2.45, 2.75) is 20.8 Å². The molecule has 2 aliphatic rings. The lowest BCUT2D eigenvalue weighted by atomic mass is 10.3. The van der Waals surface area contributed by atoms with Crippen LogP contribution in [0.25, 0.3) is 0 Å². The minimum atomic E-state index is 0.136. The number of carbonyl (C=O) groups excluding carboxylic acids is 1. The van der Waals surface area contributed by atoms with Gasteiger partial charge in [0, 0.05) is 26.2 Å². The molecule has 0 aromatic carbocycles. The molecule has 1 amide bonds. The summed E-state index contributed by atoms with van der Waals surface area (Å²) in [4.78, 5) is 19.4. The van der Waals surface area contributed by atoms with Crippen molar-refractivity contribution in [2.24, 2.45) is 4.99 Å². The number of aliphatic imine (C=N–C) groups is 1. The van der Waals surface area contributed by atoms with Crippen molar-refractivity contribution in [1.29, 1.82) is 0 Å². The monoisotopic (exact) mass is 209 g/mol. The normalized spacial score (nSPS) is 18.7. The molecule has 0 aromatic heterocycles. The fourth-order valence-corrected chi connectivity index (χ4v) is 1.60. The van der Waals surface area contributed by atoms with Crippen molar-refractivity contribution in [2.75, 3.05) is 26.2 Å². The molecule has 0 aromatic rings. The molecule has 0 N–H and O–H groups in total. The van der Waals surface area contributed by atoms with Crippen molar-refractivity contribution in [3.63, 3.8) is 0 Å². The lowest BCUT2D eigenvalue weighted by Crippen LogP contribution is -2.50. The zero-order valence-corrected chi connectivity index (χ0v) is 9.73. The standard InChI is InChI=1S/C9H13N3O.C2H6/c1-8(13)12-6-5-11-4-2-3-10-9(11)7-12;1-2/h2,4H,3,5-7H2,1H3;1-2H3. The first-order valence-electron chi connectivity index (χ1n) is 5.49. The van der Waals surface area contributed by atoms with Crippen LogP contribution in [0.5, 0.6) is 0 Å². The van der Waals surface area contributed by atoms with Crippen molar-refractivity contribution in [3.8, 4) is 0 Å². The Morgan fingerprint density at radius 2 is 2.13 bits per heavy atom. The molecule has 84 valence electrons. The van der Waals surface area contributed by atoms with Crippen LogP contribution in [0.3, 0.4) is 0 Å². The second-order valence-corrected chi connectivity index (χ2v) is 3.28. The quantitative estimate of drug-likeness (QED) is 0.599. The third-order valence-electron chi connectivity index (χ3n) is 2.38. The summed E-state index contributed by atoms with van der Waals surface area (Å²) in [6, 6.07) is 0. The SMILES string of the molecule is CC.CC(=O)N1CCN2C=CCN=C2C1. The van der Waals surface area contributed by atoms with Gasteiger partial charge in [-0.15, -0.1) is 0 Å². The maximum Gasteiger partial charge on any atom is 0.219 e. The van der Waals surface area contributed by atoms with Gasteiger partial charge in [-0.2, -0.15) is 0 Å². The number of hydrogen-bond acceptors (Lipinski definition) is 3. The molecule has 0 spiro atoms. The molecule has 0 radical (unpaired) electrons. The van der Waals surface area contributed by atoms with E-state index >= 15 is 0 Å². The lowest BCUT2D eigenvalue weighted by Gasteiger charge is -2.35. The topological polar surface area (TPSA) is 35.9 Å². The van der Waals surface area contributed by atoms with Crippen LogP contribution in [-0.2, 0) is 4.79 Å². The number of carbonyl (C=O) groups is 1. The maximum atomic E-state index is 11.1. The van der Waals surface area contributed by atoms with E-state index in [-0.39, 0.29) is 5.91 Å². The van der Waals surface area contributed by atoms with E-state index in [1.807, 2.05) is 24.8 Å². The number of amidine groups is 1. The molecule has 2 aliphatic heterocycles. The van der Waals surface area contributed by atoms with E-state index in [0.717, 1.165) is 25.5 Å². The summed E-state index contributed by atoms with van der Waals surface area (Å²) in [5, 5.41) is 0. The molecule has 1 fully saturated rings. The molecular formula is C11H19N3O. The molecule has 15 heavy (non-hydrogen) atoms. The summed E-state index contributed by atoms with van der Waals surface area (Å²) in [6.07, 6.45) is 4.09. The zero-order chi connectivity index (χ0) is 11.3. The van der Waals surface area contributed by atoms with Crippen LogP contribution in [0.2, 0.25) is 0 Å². The minimum absolute atomic E-state index is 0.136. The fraction of sp³-hybridized carbons (Fsp3) is 0.636. The Hall–Kier alpha value is -1.32. The second kappa shape index (κ2) is 5.53. The average molecular weight is 209 g/mol. The van der Waals surface area contributed by atoms with Gasteiger partial charge >= 0.3 is 0 Å². The van der Waals surface area contributed by atoms with Crippen LogP contribution in [0.4, 0.5) is 0 Å². The summed E-state index contributed by atoms with van der Waals surface area (Å²) in [5.74, 6) is 1.15. The van der Waals surface area contributed by atoms with Crippen molar-refractivity contribution >= 4 is 11.7 Å². The van der Waals surface area contributed by atoms with E-state index < -0.39 is 0 Å². The highest BCUT2D eigenvalue weighted by molar-refractivity contribution is 5.90. The van der Waals surface area contributed by atoms with E-state index in [4.69, 9.17) is 0 Å². The number of nitrogens with zero attached hydrogens (tertiary/aromatic N) is 3. The maximum absolute atomic E-state index is 11.1. The van der Waals surface area contributed by atoms with Gasteiger partial charge < -0.3 is 9.80 Å². The first-order chi connectivity index (χ1) is 7.27. The number of hydrogen-bond donors (Lipinski definition) is 0. The fourth-order valence-electron chi connectivity index (χ4n) is 1.60. The summed E-state index contributed by atoms with van der Waals surface area (Å²) in [5.41, 5.74) is 0.